The topological polar surface area (TPSA) is 97.8 Å². The van der Waals surface area contributed by atoms with Gasteiger partial charge in [0.25, 0.3) is 0 Å². The molecule has 0 saturated heterocycles. The molecule has 8 nitrogen and oxygen atoms in total. The van der Waals surface area contributed by atoms with E-state index in [1.165, 1.54) is 5.56 Å². The molecule has 5 aromatic rings. The average molecular weight is 479 g/mol. The summed E-state index contributed by atoms with van der Waals surface area (Å²) in [4.78, 5) is 14.2. The molecular weight excluding hydrogens is 452 g/mol. The largest absolute Gasteiger partial charge is 0.497 e. The van der Waals surface area contributed by atoms with Gasteiger partial charge in [-0.25, -0.2) is 9.97 Å². The van der Waals surface area contributed by atoms with Gasteiger partial charge in [0.1, 0.15) is 23.1 Å². The summed E-state index contributed by atoms with van der Waals surface area (Å²) in [6, 6.07) is 16.2. The van der Waals surface area contributed by atoms with Crippen molar-refractivity contribution in [2.24, 2.45) is 0 Å². The van der Waals surface area contributed by atoms with Crippen LogP contribution in [-0.4, -0.2) is 45.4 Å². The van der Waals surface area contributed by atoms with Gasteiger partial charge in [0, 0.05) is 36.1 Å². The van der Waals surface area contributed by atoms with Crippen molar-refractivity contribution in [2.75, 3.05) is 25.6 Å². The Balaban J connectivity index is 1.34. The fourth-order valence-electron chi connectivity index (χ4n) is 4.59. The molecule has 8 heteroatoms. The highest BCUT2D eigenvalue weighted by atomic mass is 16.5. The standard InChI is InChI=1S/C28H26N6O2/c1-35-23-5-7-26-20(12-23)11-21(17-36-26)27-33-25-6-4-19(22-15-31-32-16-22)13-24(25)28(34-27)30-10-8-18-3-2-9-29-14-18/h2-7,9,12-16,21H,8,10-11,17H2,1H3,(H,31,32)(H,30,33,34)/t21-/m0/s1. The number of nitrogens with zero attached hydrogens (tertiary/aromatic N) is 4. The third-order valence-electron chi connectivity index (χ3n) is 6.51. The zero-order valence-corrected chi connectivity index (χ0v) is 19.9. The minimum atomic E-state index is 0.0430. The quantitative estimate of drug-likeness (QED) is 0.347. The SMILES string of the molecule is COc1ccc2c(c1)C[C@H](c1nc(NCCc3cccnc3)c3cc(-c4cn[nH]c4)ccc3n1)CO2. The first-order valence-electron chi connectivity index (χ1n) is 12.0. The lowest BCUT2D eigenvalue weighted by atomic mass is 9.95. The summed E-state index contributed by atoms with van der Waals surface area (Å²) >= 11 is 0. The van der Waals surface area contributed by atoms with E-state index >= 15 is 0 Å². The molecule has 0 unspecified atom stereocenters. The zero-order chi connectivity index (χ0) is 24.3. The maximum atomic E-state index is 6.08. The molecule has 3 aromatic heterocycles. The molecule has 0 fully saturated rings. The van der Waals surface area contributed by atoms with Crippen LogP contribution in [-0.2, 0) is 12.8 Å². The summed E-state index contributed by atoms with van der Waals surface area (Å²) in [6.45, 7) is 1.27. The molecule has 180 valence electrons. The predicted octanol–water partition coefficient (Wildman–Crippen LogP) is 4.80. The van der Waals surface area contributed by atoms with Crippen molar-refractivity contribution in [1.29, 1.82) is 0 Å². The average Bonchev–Trinajstić information content (AvgIpc) is 3.48. The van der Waals surface area contributed by atoms with E-state index in [9.17, 15) is 0 Å². The molecule has 36 heavy (non-hydrogen) atoms. The van der Waals surface area contributed by atoms with Crippen molar-refractivity contribution < 1.29 is 9.47 Å². The normalized spacial score (nSPS) is 14.8. The first-order valence-corrected chi connectivity index (χ1v) is 12.0. The lowest BCUT2D eigenvalue weighted by Crippen LogP contribution is -2.22. The molecule has 2 aromatic carbocycles. The third-order valence-corrected chi connectivity index (χ3v) is 6.51. The highest BCUT2D eigenvalue weighted by Gasteiger charge is 2.25. The van der Waals surface area contributed by atoms with Crippen LogP contribution in [0.5, 0.6) is 11.5 Å². The second-order valence-corrected chi connectivity index (χ2v) is 8.87. The van der Waals surface area contributed by atoms with Gasteiger partial charge in [0.05, 0.1) is 31.3 Å². The minimum absolute atomic E-state index is 0.0430. The highest BCUT2D eigenvalue weighted by molar-refractivity contribution is 5.92. The van der Waals surface area contributed by atoms with E-state index < -0.39 is 0 Å². The number of benzene rings is 2. The molecule has 1 atom stereocenters. The van der Waals surface area contributed by atoms with Crippen molar-refractivity contribution >= 4 is 16.7 Å². The summed E-state index contributed by atoms with van der Waals surface area (Å²) in [5.41, 5.74) is 5.26. The van der Waals surface area contributed by atoms with Crippen molar-refractivity contribution in [3.05, 3.63) is 90.3 Å². The lowest BCUT2D eigenvalue weighted by molar-refractivity contribution is 0.257. The van der Waals surface area contributed by atoms with Gasteiger partial charge in [-0.2, -0.15) is 5.10 Å². The lowest BCUT2D eigenvalue weighted by Gasteiger charge is -2.25. The molecule has 0 amide bonds. The molecule has 0 bridgehead atoms. The van der Waals surface area contributed by atoms with Crippen molar-refractivity contribution in [3.63, 3.8) is 0 Å². The van der Waals surface area contributed by atoms with E-state index in [-0.39, 0.29) is 5.92 Å². The Bertz CT molecular complexity index is 1490. The maximum Gasteiger partial charge on any atom is 0.138 e. The van der Waals surface area contributed by atoms with Gasteiger partial charge in [-0.15, -0.1) is 0 Å². The molecule has 0 aliphatic carbocycles. The van der Waals surface area contributed by atoms with Crippen LogP contribution < -0.4 is 14.8 Å². The molecule has 0 saturated carbocycles. The van der Waals surface area contributed by atoms with E-state index in [2.05, 4.69) is 44.8 Å². The summed E-state index contributed by atoms with van der Waals surface area (Å²) in [7, 11) is 1.68. The summed E-state index contributed by atoms with van der Waals surface area (Å²) in [5, 5.41) is 11.5. The number of methoxy groups -OCH3 is 1. The summed E-state index contributed by atoms with van der Waals surface area (Å²) in [5.74, 6) is 3.35. The van der Waals surface area contributed by atoms with Crippen LogP contribution in [0.15, 0.2) is 73.3 Å². The maximum absolute atomic E-state index is 6.08. The van der Waals surface area contributed by atoms with Gasteiger partial charge in [0.2, 0.25) is 0 Å². The molecule has 1 aliphatic rings. The van der Waals surface area contributed by atoms with E-state index in [4.69, 9.17) is 19.4 Å². The number of H-pyrrole nitrogens is 1. The van der Waals surface area contributed by atoms with Crippen LogP contribution in [0, 0.1) is 0 Å². The van der Waals surface area contributed by atoms with Crippen LogP contribution in [0.2, 0.25) is 0 Å². The van der Waals surface area contributed by atoms with E-state index in [1.54, 1.807) is 13.3 Å². The second kappa shape index (κ2) is 9.65. The highest BCUT2D eigenvalue weighted by Crippen LogP contribution is 2.35. The third kappa shape index (κ3) is 4.45. The number of nitrogens with one attached hydrogen (secondary N) is 2. The number of fused-ring (bicyclic) bond motifs is 2. The fourth-order valence-corrected chi connectivity index (χ4v) is 4.59. The van der Waals surface area contributed by atoms with Crippen molar-refractivity contribution in [1.82, 2.24) is 25.1 Å². The molecular formula is C28H26N6O2. The van der Waals surface area contributed by atoms with E-state index in [1.807, 2.05) is 42.9 Å². The Kier molecular flexibility index (Phi) is 5.91. The van der Waals surface area contributed by atoms with Crippen molar-refractivity contribution in [3.8, 4) is 22.6 Å². The number of aromatic nitrogens is 5. The Morgan fingerprint density at radius 2 is 2.06 bits per heavy atom. The monoisotopic (exact) mass is 478 g/mol. The van der Waals surface area contributed by atoms with Gasteiger partial charge in [-0.05, 0) is 65.9 Å². The Morgan fingerprint density at radius 3 is 2.89 bits per heavy atom. The molecule has 0 spiro atoms. The number of hydrogen-bond acceptors (Lipinski definition) is 7. The van der Waals surface area contributed by atoms with Gasteiger partial charge < -0.3 is 14.8 Å². The molecule has 2 N–H and O–H groups in total. The first-order chi connectivity index (χ1) is 17.8. The van der Waals surface area contributed by atoms with Gasteiger partial charge in [-0.1, -0.05) is 12.1 Å². The predicted molar refractivity (Wildman–Crippen MR) is 138 cm³/mol. The summed E-state index contributed by atoms with van der Waals surface area (Å²) < 4.78 is 11.5. The van der Waals surface area contributed by atoms with Crippen LogP contribution in [0.1, 0.15) is 22.9 Å². The molecule has 0 radical (unpaired) electrons. The smallest absolute Gasteiger partial charge is 0.138 e. The summed E-state index contributed by atoms with van der Waals surface area (Å²) in [6.07, 6.45) is 9.02. The van der Waals surface area contributed by atoms with Crippen LogP contribution in [0.25, 0.3) is 22.0 Å². The van der Waals surface area contributed by atoms with Gasteiger partial charge >= 0.3 is 0 Å². The minimum Gasteiger partial charge on any atom is -0.497 e. The molecule has 4 heterocycles. The number of anilines is 1. The van der Waals surface area contributed by atoms with Crippen LogP contribution >= 0.6 is 0 Å². The number of rotatable bonds is 7. The van der Waals surface area contributed by atoms with E-state index in [0.717, 1.165) is 70.1 Å². The second-order valence-electron chi connectivity index (χ2n) is 8.87. The first kappa shape index (κ1) is 22.0. The number of ether oxygens (including phenoxy) is 2. The Labute approximate surface area is 208 Å². The van der Waals surface area contributed by atoms with Crippen LogP contribution in [0.3, 0.4) is 0 Å². The zero-order valence-electron chi connectivity index (χ0n) is 19.9. The van der Waals surface area contributed by atoms with Gasteiger partial charge in [0.15, 0.2) is 0 Å². The van der Waals surface area contributed by atoms with Crippen molar-refractivity contribution in [2.45, 2.75) is 18.8 Å². The molecule has 1 aliphatic heterocycles. The van der Waals surface area contributed by atoms with E-state index in [0.29, 0.717) is 6.61 Å². The number of aromatic amines is 1. The number of pyridine rings is 1. The Hall–Kier alpha value is -4.46. The Morgan fingerprint density at radius 1 is 1.08 bits per heavy atom. The van der Waals surface area contributed by atoms with Crippen LogP contribution in [0.4, 0.5) is 5.82 Å². The molecule has 6 rings (SSSR count). The number of hydrogen-bond donors (Lipinski definition) is 2. The van der Waals surface area contributed by atoms with Gasteiger partial charge in [-0.3, -0.25) is 10.1 Å². The fraction of sp³-hybridized carbons (Fsp3) is 0.214.